The molecule has 3 atom stereocenters. The Morgan fingerprint density at radius 2 is 1.74 bits per heavy atom. The first kappa shape index (κ1) is 36.0. The van der Waals surface area contributed by atoms with Crippen molar-refractivity contribution in [3.05, 3.63) is 66.1 Å². The minimum atomic E-state index is -1.96. The van der Waals surface area contributed by atoms with E-state index in [4.69, 9.17) is 29.0 Å². The lowest BCUT2D eigenvalue weighted by Gasteiger charge is -2.36. The molecular weight excluding hydrogens is 622 g/mol. The van der Waals surface area contributed by atoms with Gasteiger partial charge in [0.2, 0.25) is 0 Å². The summed E-state index contributed by atoms with van der Waals surface area (Å²) in [7, 11) is -0.339. The summed E-state index contributed by atoms with van der Waals surface area (Å²) in [5, 5.41) is 5.59. The Hall–Kier alpha value is -2.87. The zero-order valence-corrected chi connectivity index (χ0v) is 30.5. The van der Waals surface area contributed by atoms with Gasteiger partial charge in [-0.1, -0.05) is 32.9 Å². The molecule has 12 heteroatoms. The number of rotatable bonds is 13. The van der Waals surface area contributed by atoms with Gasteiger partial charge < -0.3 is 18.5 Å². The molecule has 46 heavy (non-hydrogen) atoms. The van der Waals surface area contributed by atoms with Gasteiger partial charge in [0.1, 0.15) is 29.3 Å². The second kappa shape index (κ2) is 14.5. The molecule has 0 fully saturated rings. The van der Waals surface area contributed by atoms with Gasteiger partial charge in [-0.05, 0) is 82.2 Å². The van der Waals surface area contributed by atoms with Gasteiger partial charge in [0.25, 0.3) is 0 Å². The summed E-state index contributed by atoms with van der Waals surface area (Å²) in [5.74, 6) is 1.26. The number of hydrogen-bond donors (Lipinski definition) is 1. The van der Waals surface area contributed by atoms with Crippen LogP contribution in [0, 0.1) is 0 Å². The standard InChI is InChI=1S/C34H48FN5O4SSi/c1-23(35)32(39-45(41)33(2,3)4)28-15-12-14-27(38-28)24-19-29-26(30(20-24)43-18-17-42-8)21-36-40(29)31-16-11-13-25(37-31)22-44-46(9,10)34(5,6)7/h11-16,19-21,23,32,39H,17-18,22H2,1-10H3/t23?,32-,45+/m0/s1. The van der Waals surface area contributed by atoms with Crippen LogP contribution >= 0.6 is 0 Å². The lowest BCUT2D eigenvalue weighted by atomic mass is 10.1. The summed E-state index contributed by atoms with van der Waals surface area (Å²) < 4.78 is 49.8. The molecular formula is C34H48FN5O4SSi. The molecule has 3 heterocycles. The van der Waals surface area contributed by atoms with Crippen LogP contribution < -0.4 is 9.46 Å². The van der Waals surface area contributed by atoms with Crippen molar-refractivity contribution in [2.45, 2.75) is 90.2 Å². The first-order valence-electron chi connectivity index (χ1n) is 15.5. The molecule has 4 rings (SSSR count). The van der Waals surface area contributed by atoms with Gasteiger partial charge in [0.15, 0.2) is 14.1 Å². The molecule has 0 radical (unpaired) electrons. The monoisotopic (exact) mass is 669 g/mol. The zero-order valence-electron chi connectivity index (χ0n) is 28.7. The van der Waals surface area contributed by atoms with Crippen LogP contribution in [0.15, 0.2) is 54.7 Å². The number of alkyl halides is 1. The fraction of sp³-hybridized carbons (Fsp3) is 0.500. The van der Waals surface area contributed by atoms with E-state index in [9.17, 15) is 8.94 Å². The molecule has 250 valence electrons. The predicted octanol–water partition coefficient (Wildman–Crippen LogP) is 7.48. The van der Waals surface area contributed by atoms with Crippen molar-refractivity contribution < 1.29 is 22.8 Å². The normalized spacial score (nSPS) is 14.8. The van der Waals surface area contributed by atoms with Gasteiger partial charge in [0, 0.05) is 24.0 Å². The van der Waals surface area contributed by atoms with Crippen molar-refractivity contribution in [3.63, 3.8) is 0 Å². The van der Waals surface area contributed by atoms with Crippen LogP contribution in [0.1, 0.15) is 65.9 Å². The first-order chi connectivity index (χ1) is 21.5. The van der Waals surface area contributed by atoms with E-state index in [0.29, 0.717) is 42.8 Å². The lowest BCUT2D eigenvalue weighted by molar-refractivity contribution is 0.147. The number of aromatic nitrogens is 4. The van der Waals surface area contributed by atoms with E-state index in [2.05, 4.69) is 38.6 Å². The molecule has 0 aliphatic rings. The molecule has 1 N–H and O–H groups in total. The van der Waals surface area contributed by atoms with Crippen molar-refractivity contribution >= 4 is 30.6 Å². The van der Waals surface area contributed by atoms with Crippen molar-refractivity contribution in [2.75, 3.05) is 20.3 Å². The molecule has 9 nitrogen and oxygen atoms in total. The highest BCUT2D eigenvalue weighted by atomic mass is 32.2. The Bertz CT molecular complexity index is 1620. The summed E-state index contributed by atoms with van der Waals surface area (Å²) in [6.45, 7) is 19.2. The zero-order chi connectivity index (χ0) is 33.9. The van der Waals surface area contributed by atoms with Gasteiger partial charge in [-0.2, -0.15) is 5.10 Å². The van der Waals surface area contributed by atoms with Crippen LogP contribution in [0.4, 0.5) is 4.39 Å². The molecule has 0 spiro atoms. The quantitative estimate of drug-likeness (QED) is 0.0888. The SMILES string of the molecule is COCCOc1cc(-c2cccc([C@@H](N[S@+]([O-])C(C)(C)C)C(C)F)n2)cc2c1cnn2-c1cccc(CO[Si](C)(C)C(C)(C)C)n1. The van der Waals surface area contributed by atoms with E-state index in [1.165, 1.54) is 6.92 Å². The Labute approximate surface area is 276 Å². The van der Waals surface area contributed by atoms with Crippen LogP contribution in [0.25, 0.3) is 28.0 Å². The first-order valence-corrected chi connectivity index (χ1v) is 19.6. The number of ether oxygens (including phenoxy) is 2. The van der Waals surface area contributed by atoms with Crippen molar-refractivity contribution in [3.8, 4) is 22.8 Å². The van der Waals surface area contributed by atoms with E-state index in [1.807, 2.05) is 63.2 Å². The Balaban J connectivity index is 1.76. The second-order valence-electron chi connectivity index (χ2n) is 13.9. The molecule has 0 bridgehead atoms. The van der Waals surface area contributed by atoms with Gasteiger partial charge in [-0.25, -0.2) is 14.1 Å². The summed E-state index contributed by atoms with van der Waals surface area (Å²) in [4.78, 5) is 9.74. The number of fused-ring (bicyclic) bond motifs is 1. The van der Waals surface area contributed by atoms with Gasteiger partial charge in [0.05, 0.1) is 47.4 Å². The average Bonchev–Trinajstić information content (AvgIpc) is 3.42. The smallest absolute Gasteiger partial charge is 0.192 e. The predicted molar refractivity (Wildman–Crippen MR) is 186 cm³/mol. The molecule has 0 saturated carbocycles. The third-order valence-electron chi connectivity index (χ3n) is 8.23. The number of halogens is 1. The summed E-state index contributed by atoms with van der Waals surface area (Å²) in [6.07, 6.45) is 0.433. The molecule has 1 unspecified atom stereocenters. The van der Waals surface area contributed by atoms with E-state index in [-0.39, 0.29) is 5.04 Å². The topological polar surface area (TPSA) is 106 Å². The molecule has 0 amide bonds. The largest absolute Gasteiger partial charge is 0.598 e. The summed E-state index contributed by atoms with van der Waals surface area (Å²) in [6, 6.07) is 14.3. The second-order valence-corrected chi connectivity index (χ2v) is 20.7. The average molecular weight is 670 g/mol. The molecule has 3 aromatic heterocycles. The van der Waals surface area contributed by atoms with Crippen LogP contribution in [-0.2, 0) is 27.1 Å². The van der Waals surface area contributed by atoms with Crippen LogP contribution in [-0.4, -0.2) is 63.9 Å². The van der Waals surface area contributed by atoms with Crippen molar-refractivity contribution in [1.29, 1.82) is 0 Å². The summed E-state index contributed by atoms with van der Waals surface area (Å²) in [5.41, 5.74) is 3.41. The van der Waals surface area contributed by atoms with E-state index in [0.717, 1.165) is 22.2 Å². The number of hydrogen-bond acceptors (Lipinski definition) is 8. The number of pyridine rings is 2. The van der Waals surface area contributed by atoms with Crippen LogP contribution in [0.3, 0.4) is 0 Å². The van der Waals surface area contributed by atoms with Gasteiger partial charge in [-0.3, -0.25) is 4.98 Å². The molecule has 4 aromatic rings. The van der Waals surface area contributed by atoms with Crippen LogP contribution in [0.2, 0.25) is 18.1 Å². The highest BCUT2D eigenvalue weighted by Crippen LogP contribution is 2.37. The van der Waals surface area contributed by atoms with Crippen molar-refractivity contribution in [2.24, 2.45) is 0 Å². The maximum Gasteiger partial charge on any atom is 0.192 e. The van der Waals surface area contributed by atoms with E-state index >= 15 is 0 Å². The minimum absolute atomic E-state index is 0.0890. The fourth-order valence-electron chi connectivity index (χ4n) is 4.38. The number of benzene rings is 1. The fourth-order valence-corrected chi connectivity index (χ4v) is 6.22. The van der Waals surface area contributed by atoms with Gasteiger partial charge in [-0.15, -0.1) is 4.72 Å². The number of nitrogens with one attached hydrogen (secondary N) is 1. The lowest BCUT2D eigenvalue weighted by Crippen LogP contribution is -2.43. The van der Waals surface area contributed by atoms with Crippen LogP contribution in [0.5, 0.6) is 5.75 Å². The third-order valence-corrected chi connectivity index (χ3v) is 14.3. The van der Waals surface area contributed by atoms with E-state index < -0.39 is 36.6 Å². The number of nitrogens with zero attached hydrogens (tertiary/aromatic N) is 4. The Kier molecular flexibility index (Phi) is 11.3. The molecule has 1 aromatic carbocycles. The maximum absolute atomic E-state index is 14.9. The Morgan fingerprint density at radius 3 is 2.39 bits per heavy atom. The molecule has 0 saturated heterocycles. The number of methoxy groups -OCH3 is 1. The highest BCUT2D eigenvalue weighted by Gasteiger charge is 2.37. The van der Waals surface area contributed by atoms with Gasteiger partial charge >= 0.3 is 0 Å². The van der Waals surface area contributed by atoms with Crippen molar-refractivity contribution in [1.82, 2.24) is 24.5 Å². The summed E-state index contributed by atoms with van der Waals surface area (Å²) >= 11 is -1.49. The third kappa shape index (κ3) is 8.53. The molecule has 0 aliphatic carbocycles. The van der Waals surface area contributed by atoms with E-state index in [1.54, 1.807) is 24.1 Å². The Morgan fingerprint density at radius 1 is 1.02 bits per heavy atom. The molecule has 0 aliphatic heterocycles. The maximum atomic E-state index is 14.9. The highest BCUT2D eigenvalue weighted by molar-refractivity contribution is 7.90. The minimum Gasteiger partial charge on any atom is -0.598 e.